The van der Waals surface area contributed by atoms with Gasteiger partial charge in [-0.2, -0.15) is 4.98 Å². The fraction of sp³-hybridized carbons (Fsp3) is 0.444. The topological polar surface area (TPSA) is 111 Å². The number of hydrogen-bond donors (Lipinski definition) is 2. The molecule has 0 fully saturated rings. The predicted octanol–water partition coefficient (Wildman–Crippen LogP) is -1.18. The zero-order chi connectivity index (χ0) is 12.4. The van der Waals surface area contributed by atoms with Crippen LogP contribution in [0, 0.1) is 0 Å². The molecule has 2 rings (SSSR count). The summed E-state index contributed by atoms with van der Waals surface area (Å²) in [6, 6.07) is 0. The second-order valence-corrected chi connectivity index (χ2v) is 3.49. The number of carbonyl (C=O) groups is 1. The minimum absolute atomic E-state index is 0.00822. The molecule has 3 N–H and O–H groups in total. The molecular formula is C9H12N4O4. The highest BCUT2D eigenvalue weighted by Crippen LogP contribution is 2.23. The van der Waals surface area contributed by atoms with E-state index in [0.29, 0.717) is 5.56 Å². The number of nitrogens with one attached hydrogen (secondary N) is 1. The number of carbonyl (C=O) groups excluding carboxylic acids is 1. The lowest BCUT2D eigenvalue weighted by Gasteiger charge is -2.15. The van der Waals surface area contributed by atoms with Gasteiger partial charge in [0.15, 0.2) is 0 Å². The van der Waals surface area contributed by atoms with E-state index in [1.54, 1.807) is 0 Å². The number of aromatic nitrogens is 2. The van der Waals surface area contributed by atoms with Crippen molar-refractivity contribution in [3.63, 3.8) is 0 Å². The van der Waals surface area contributed by atoms with Crippen LogP contribution < -0.4 is 16.2 Å². The van der Waals surface area contributed by atoms with Crippen LogP contribution in [-0.4, -0.2) is 36.5 Å². The van der Waals surface area contributed by atoms with Gasteiger partial charge in [0.25, 0.3) is 5.56 Å². The van der Waals surface area contributed by atoms with Crippen LogP contribution in [-0.2, 0) is 20.7 Å². The SMILES string of the molecule is COCOCN1C(=O)Cc2c1nc(N)[nH]c2=O. The fourth-order valence-electron chi connectivity index (χ4n) is 1.60. The highest BCUT2D eigenvalue weighted by molar-refractivity contribution is 5.99. The smallest absolute Gasteiger partial charge is 0.258 e. The number of hydrogen-bond acceptors (Lipinski definition) is 6. The molecule has 1 amide bonds. The second kappa shape index (κ2) is 4.52. The van der Waals surface area contributed by atoms with Gasteiger partial charge in [0, 0.05) is 7.11 Å². The molecule has 0 unspecified atom stereocenters. The van der Waals surface area contributed by atoms with Crippen molar-refractivity contribution in [1.29, 1.82) is 0 Å². The number of nitrogens with two attached hydrogens (primary N) is 1. The molecule has 0 radical (unpaired) electrons. The van der Waals surface area contributed by atoms with Gasteiger partial charge in [-0.3, -0.25) is 19.5 Å². The van der Waals surface area contributed by atoms with Crippen LogP contribution in [0.5, 0.6) is 0 Å². The van der Waals surface area contributed by atoms with Gasteiger partial charge in [0.1, 0.15) is 19.3 Å². The van der Waals surface area contributed by atoms with Gasteiger partial charge >= 0.3 is 0 Å². The summed E-state index contributed by atoms with van der Waals surface area (Å²) in [7, 11) is 1.47. The van der Waals surface area contributed by atoms with Crippen molar-refractivity contribution in [1.82, 2.24) is 9.97 Å². The van der Waals surface area contributed by atoms with Gasteiger partial charge in [-0.25, -0.2) is 0 Å². The highest BCUT2D eigenvalue weighted by Gasteiger charge is 2.31. The third kappa shape index (κ3) is 2.12. The van der Waals surface area contributed by atoms with E-state index in [2.05, 4.69) is 9.97 Å². The van der Waals surface area contributed by atoms with Gasteiger partial charge in [0.05, 0.1) is 12.0 Å². The first-order valence-corrected chi connectivity index (χ1v) is 4.89. The number of ether oxygens (including phenoxy) is 2. The molecule has 0 atom stereocenters. The maximum Gasteiger partial charge on any atom is 0.258 e. The van der Waals surface area contributed by atoms with Gasteiger partial charge < -0.3 is 15.2 Å². The Morgan fingerprint density at radius 1 is 1.53 bits per heavy atom. The minimum Gasteiger partial charge on any atom is -0.369 e. The molecule has 92 valence electrons. The van der Waals surface area contributed by atoms with Crippen molar-refractivity contribution < 1.29 is 14.3 Å². The lowest BCUT2D eigenvalue weighted by atomic mass is 10.3. The normalized spacial score (nSPS) is 14.2. The van der Waals surface area contributed by atoms with E-state index in [1.165, 1.54) is 12.0 Å². The number of aromatic amines is 1. The molecule has 17 heavy (non-hydrogen) atoms. The molecule has 0 saturated carbocycles. The third-order valence-electron chi connectivity index (χ3n) is 2.32. The molecule has 1 aliphatic heterocycles. The molecule has 8 nitrogen and oxygen atoms in total. The first-order chi connectivity index (χ1) is 8.13. The summed E-state index contributed by atoms with van der Waals surface area (Å²) in [6.45, 7) is 0.0351. The van der Waals surface area contributed by atoms with E-state index in [1.807, 2.05) is 0 Å². The van der Waals surface area contributed by atoms with Gasteiger partial charge in [-0.15, -0.1) is 0 Å². The van der Waals surface area contributed by atoms with E-state index >= 15 is 0 Å². The fourth-order valence-corrected chi connectivity index (χ4v) is 1.60. The Kier molecular flexibility index (Phi) is 3.07. The molecule has 8 heteroatoms. The number of anilines is 2. The zero-order valence-electron chi connectivity index (χ0n) is 9.23. The zero-order valence-corrected chi connectivity index (χ0v) is 9.23. The molecule has 0 aromatic carbocycles. The van der Waals surface area contributed by atoms with Crippen molar-refractivity contribution in [3.05, 3.63) is 15.9 Å². The number of nitrogen functional groups attached to an aromatic ring is 1. The maximum atomic E-state index is 11.7. The molecule has 0 saturated heterocycles. The standard InChI is InChI=1S/C9H12N4O4/c1-16-4-17-3-13-6(14)2-5-7(13)11-9(10)12-8(5)15/h2-4H2,1H3,(H3,10,11,12,15). The van der Waals surface area contributed by atoms with Crippen LogP contribution in [0.15, 0.2) is 4.79 Å². The van der Waals surface area contributed by atoms with Crippen molar-refractivity contribution >= 4 is 17.7 Å². The number of fused-ring (bicyclic) bond motifs is 1. The van der Waals surface area contributed by atoms with Gasteiger partial charge in [-0.1, -0.05) is 0 Å². The van der Waals surface area contributed by atoms with Crippen LogP contribution in [0.2, 0.25) is 0 Å². The van der Waals surface area contributed by atoms with Crippen molar-refractivity contribution in [2.75, 3.05) is 31.3 Å². The van der Waals surface area contributed by atoms with E-state index in [4.69, 9.17) is 15.2 Å². The van der Waals surface area contributed by atoms with Gasteiger partial charge in [-0.05, 0) is 0 Å². The molecule has 0 bridgehead atoms. The summed E-state index contributed by atoms with van der Waals surface area (Å²) in [5.41, 5.74) is 5.34. The van der Waals surface area contributed by atoms with E-state index in [-0.39, 0.29) is 37.6 Å². The van der Waals surface area contributed by atoms with E-state index in [9.17, 15) is 9.59 Å². The van der Waals surface area contributed by atoms with E-state index < -0.39 is 5.56 Å². The van der Waals surface area contributed by atoms with Crippen LogP contribution in [0.3, 0.4) is 0 Å². The van der Waals surface area contributed by atoms with Crippen molar-refractivity contribution in [2.45, 2.75) is 6.42 Å². The Bertz CT molecular complexity index is 498. The van der Waals surface area contributed by atoms with Gasteiger partial charge in [0.2, 0.25) is 11.9 Å². The van der Waals surface area contributed by atoms with Crippen LogP contribution in [0.1, 0.15) is 5.56 Å². The number of methoxy groups -OCH3 is 1. The molecule has 2 heterocycles. The van der Waals surface area contributed by atoms with E-state index in [0.717, 1.165) is 0 Å². The Labute approximate surface area is 96.3 Å². The average Bonchev–Trinajstić information content (AvgIpc) is 2.57. The quantitative estimate of drug-likeness (QED) is 0.506. The third-order valence-corrected chi connectivity index (χ3v) is 2.32. The Morgan fingerprint density at radius 3 is 3.00 bits per heavy atom. The monoisotopic (exact) mass is 240 g/mol. The largest absolute Gasteiger partial charge is 0.369 e. The van der Waals surface area contributed by atoms with Crippen molar-refractivity contribution in [3.8, 4) is 0 Å². The molecule has 0 aliphatic carbocycles. The lowest BCUT2D eigenvalue weighted by Crippen LogP contribution is -2.30. The summed E-state index contributed by atoms with van der Waals surface area (Å²) in [4.78, 5) is 30.7. The summed E-state index contributed by atoms with van der Waals surface area (Å²) in [5, 5.41) is 0. The summed E-state index contributed by atoms with van der Waals surface area (Å²) in [6.07, 6.45) is 0.00822. The first-order valence-electron chi connectivity index (χ1n) is 4.89. The summed E-state index contributed by atoms with van der Waals surface area (Å²) >= 11 is 0. The number of H-pyrrole nitrogens is 1. The average molecular weight is 240 g/mol. The number of amides is 1. The molecule has 1 aromatic rings. The van der Waals surface area contributed by atoms with Crippen molar-refractivity contribution in [2.24, 2.45) is 0 Å². The molecule has 1 aromatic heterocycles. The molecule has 0 spiro atoms. The first kappa shape index (κ1) is 11.6. The Balaban J connectivity index is 2.27. The van der Waals surface area contributed by atoms with Crippen LogP contribution in [0.25, 0.3) is 0 Å². The Hall–Kier alpha value is -1.93. The predicted molar refractivity (Wildman–Crippen MR) is 58.3 cm³/mol. The minimum atomic E-state index is -0.393. The summed E-state index contributed by atoms with van der Waals surface area (Å²) < 4.78 is 9.76. The highest BCUT2D eigenvalue weighted by atomic mass is 16.7. The van der Waals surface area contributed by atoms with Crippen LogP contribution >= 0.6 is 0 Å². The second-order valence-electron chi connectivity index (χ2n) is 3.49. The summed E-state index contributed by atoms with van der Waals surface area (Å²) in [5.74, 6) is -0.0211. The Morgan fingerprint density at radius 2 is 2.29 bits per heavy atom. The number of rotatable bonds is 4. The molecule has 1 aliphatic rings. The lowest BCUT2D eigenvalue weighted by molar-refractivity contribution is -0.119. The molecular weight excluding hydrogens is 228 g/mol. The number of nitrogens with zero attached hydrogens (tertiary/aromatic N) is 2. The van der Waals surface area contributed by atoms with Crippen LogP contribution in [0.4, 0.5) is 11.8 Å². The maximum absolute atomic E-state index is 11.7.